The van der Waals surface area contributed by atoms with Crippen LogP contribution in [0.5, 0.6) is 0 Å². The molecule has 9 heteroatoms. The number of hydrogen-bond acceptors (Lipinski definition) is 5. The Kier molecular flexibility index (Phi) is 5.69. The van der Waals surface area contributed by atoms with Gasteiger partial charge in [-0.05, 0) is 25.0 Å². The lowest BCUT2D eigenvalue weighted by Gasteiger charge is -2.31. The van der Waals surface area contributed by atoms with Gasteiger partial charge in [0.2, 0.25) is 10.0 Å². The van der Waals surface area contributed by atoms with Gasteiger partial charge >= 0.3 is 5.91 Å². The predicted octanol–water partition coefficient (Wildman–Crippen LogP) is 0.953. The number of nitrogens with zero attached hydrogens (tertiary/aromatic N) is 3. The molecule has 25 heavy (non-hydrogen) atoms. The summed E-state index contributed by atoms with van der Waals surface area (Å²) in [5.41, 5.74) is 0.960. The highest BCUT2D eigenvalue weighted by atomic mass is 32.2. The highest BCUT2D eigenvalue weighted by Gasteiger charge is 2.44. The van der Waals surface area contributed by atoms with Gasteiger partial charge in [0, 0.05) is 25.1 Å². The zero-order valence-electron chi connectivity index (χ0n) is 14.7. The van der Waals surface area contributed by atoms with Gasteiger partial charge in [0.05, 0.1) is 4.90 Å². The Morgan fingerprint density at radius 1 is 1.32 bits per heavy atom. The fourth-order valence-electron chi connectivity index (χ4n) is 2.88. The van der Waals surface area contributed by atoms with E-state index in [1.807, 2.05) is 20.8 Å². The molecule has 1 heterocycles. The zero-order chi connectivity index (χ0) is 18.8. The molecule has 1 atom stereocenters. The first-order valence-corrected chi connectivity index (χ1v) is 9.37. The van der Waals surface area contributed by atoms with Gasteiger partial charge in [-0.2, -0.15) is 4.31 Å². The molecule has 0 unspecified atom stereocenters. The van der Waals surface area contributed by atoms with Crippen LogP contribution in [-0.2, 0) is 19.7 Å². The molecule has 0 aromatic heterocycles. The third-order valence-corrected chi connectivity index (χ3v) is 5.96. The van der Waals surface area contributed by atoms with Crippen molar-refractivity contribution in [3.05, 3.63) is 35.0 Å². The van der Waals surface area contributed by atoms with Gasteiger partial charge in [-0.1, -0.05) is 31.5 Å². The Balaban J connectivity index is 2.35. The summed E-state index contributed by atoms with van der Waals surface area (Å²) in [5.74, 6) is -0.736. The first-order valence-electron chi connectivity index (χ1n) is 7.93. The molecular formula is C16H23N3O5S. The summed E-state index contributed by atoms with van der Waals surface area (Å²) in [5, 5.41) is 11.2. The maximum atomic E-state index is 13.0. The van der Waals surface area contributed by atoms with E-state index >= 15 is 0 Å². The number of carbonyl (C=O) groups excluding carboxylic acids is 1. The number of carbonyl (C=O) groups is 1. The van der Waals surface area contributed by atoms with Crippen LogP contribution in [0.1, 0.15) is 19.4 Å². The maximum Gasteiger partial charge on any atom is 0.318 e. The molecule has 0 bridgehead atoms. The molecule has 8 nitrogen and oxygen atoms in total. The minimum Gasteiger partial charge on any atom is -0.406 e. The van der Waals surface area contributed by atoms with Crippen LogP contribution in [0.15, 0.2) is 29.2 Å². The van der Waals surface area contributed by atoms with Crippen LogP contribution in [0, 0.1) is 18.0 Å². The van der Waals surface area contributed by atoms with Gasteiger partial charge in [0.1, 0.15) is 6.17 Å². The summed E-state index contributed by atoms with van der Waals surface area (Å²) in [4.78, 5) is 18.3. The normalized spacial score (nSPS) is 19.5. The van der Waals surface area contributed by atoms with Gasteiger partial charge in [-0.3, -0.25) is 10.0 Å². The second-order valence-electron chi connectivity index (χ2n) is 6.22. The van der Waals surface area contributed by atoms with Gasteiger partial charge in [0.25, 0.3) is 6.21 Å². The van der Waals surface area contributed by atoms with Crippen molar-refractivity contribution in [1.29, 1.82) is 0 Å². The first-order chi connectivity index (χ1) is 11.7. The second kappa shape index (κ2) is 7.40. The van der Waals surface area contributed by atoms with Crippen LogP contribution >= 0.6 is 0 Å². The van der Waals surface area contributed by atoms with Crippen LogP contribution < -0.4 is 0 Å². The number of sulfonamides is 1. The molecule has 138 valence electrons. The second-order valence-corrected chi connectivity index (χ2v) is 8.11. The predicted molar refractivity (Wildman–Crippen MR) is 92.1 cm³/mol. The summed E-state index contributed by atoms with van der Waals surface area (Å²) in [6.45, 7) is 5.92. The average molecular weight is 369 g/mol. The van der Waals surface area contributed by atoms with Crippen LogP contribution in [0.25, 0.3) is 0 Å². The molecular weight excluding hydrogens is 346 g/mol. The topological polar surface area (TPSA) is 93.0 Å². The molecule has 0 aliphatic carbocycles. The lowest BCUT2D eigenvalue weighted by molar-refractivity contribution is -0.729. The molecule has 0 radical (unpaired) electrons. The van der Waals surface area contributed by atoms with Gasteiger partial charge in [-0.15, -0.1) is 0 Å². The van der Waals surface area contributed by atoms with Gasteiger partial charge in [-0.25, -0.2) is 8.42 Å². The lowest BCUT2D eigenvalue weighted by atomic mass is 10.1. The number of hydrogen-bond donors (Lipinski definition) is 0. The van der Waals surface area contributed by atoms with Crippen molar-refractivity contribution in [3.63, 3.8) is 0 Å². The van der Waals surface area contributed by atoms with E-state index in [9.17, 15) is 18.4 Å². The molecule has 1 aliphatic heterocycles. The van der Waals surface area contributed by atoms with Crippen LogP contribution in [0.4, 0.5) is 0 Å². The summed E-state index contributed by atoms with van der Waals surface area (Å²) in [6, 6.07) is 6.59. The van der Waals surface area contributed by atoms with E-state index in [0.29, 0.717) is 0 Å². The summed E-state index contributed by atoms with van der Waals surface area (Å²) >= 11 is 0. The summed E-state index contributed by atoms with van der Waals surface area (Å²) in [7, 11) is -2.60. The number of rotatable bonds is 5. The summed E-state index contributed by atoms with van der Waals surface area (Å²) < 4.78 is 27.3. The molecule has 2 rings (SSSR count). The highest BCUT2D eigenvalue weighted by molar-refractivity contribution is 7.89. The van der Waals surface area contributed by atoms with Crippen LogP contribution in [0.3, 0.4) is 0 Å². The van der Waals surface area contributed by atoms with E-state index in [1.54, 1.807) is 24.3 Å². The van der Waals surface area contributed by atoms with E-state index < -0.39 is 22.1 Å². The standard InChI is InChI=1S/C16H23N3O5S/c1-12(2)16-17(15(20)11-19(21)24-4)9-10-18(16)25(22,23)14-7-5-13(3)6-8-14/h5-8,11-12,16H,9-10H2,1-4H3/b19-11+/t16-/m1/s1. The van der Waals surface area contributed by atoms with Crippen molar-refractivity contribution in [3.8, 4) is 0 Å². The Morgan fingerprint density at radius 3 is 2.44 bits per heavy atom. The number of aryl methyl sites for hydroxylation is 1. The van der Waals surface area contributed by atoms with Crippen molar-refractivity contribution >= 4 is 22.1 Å². The van der Waals surface area contributed by atoms with E-state index in [0.717, 1.165) is 18.9 Å². The minimum atomic E-state index is -3.75. The van der Waals surface area contributed by atoms with Crippen molar-refractivity contribution in [2.45, 2.75) is 31.8 Å². The SMILES string of the molecule is CO/[N+]([O-])=C/C(=O)N1CCN(S(=O)(=O)c2ccc(C)cc2)[C@@H]1C(C)C. The summed E-state index contributed by atoms with van der Waals surface area (Å²) in [6.07, 6.45) is 0.0949. The van der Waals surface area contributed by atoms with E-state index in [2.05, 4.69) is 4.84 Å². The van der Waals surface area contributed by atoms with Crippen molar-refractivity contribution < 1.29 is 23.0 Å². The first kappa shape index (κ1) is 19.2. The molecule has 1 aliphatic rings. The molecule has 1 aromatic rings. The van der Waals surface area contributed by atoms with Crippen LogP contribution in [-0.4, -0.2) is 61.0 Å². The van der Waals surface area contributed by atoms with Crippen LogP contribution in [0.2, 0.25) is 0 Å². The smallest absolute Gasteiger partial charge is 0.318 e. The van der Waals surface area contributed by atoms with Crippen molar-refractivity contribution in [2.75, 3.05) is 20.2 Å². The highest BCUT2D eigenvalue weighted by Crippen LogP contribution is 2.28. The molecule has 1 saturated heterocycles. The number of benzene rings is 1. The third kappa shape index (κ3) is 3.93. The molecule has 0 spiro atoms. The maximum absolute atomic E-state index is 13.0. The molecule has 1 aromatic carbocycles. The van der Waals surface area contributed by atoms with Gasteiger partial charge < -0.3 is 9.74 Å². The zero-order valence-corrected chi connectivity index (χ0v) is 15.6. The van der Waals surface area contributed by atoms with Gasteiger partial charge in [0.15, 0.2) is 0 Å². The largest absolute Gasteiger partial charge is 0.406 e. The number of amides is 1. The van der Waals surface area contributed by atoms with E-state index in [-0.39, 0.29) is 28.8 Å². The Hall–Kier alpha value is -2.13. The van der Waals surface area contributed by atoms with Crippen molar-refractivity contribution in [2.24, 2.45) is 5.92 Å². The minimum absolute atomic E-state index is 0.0524. The van der Waals surface area contributed by atoms with E-state index in [1.165, 1.54) is 9.21 Å². The lowest BCUT2D eigenvalue weighted by Crippen LogP contribution is -2.48. The third-order valence-electron chi connectivity index (χ3n) is 4.08. The quantitative estimate of drug-likeness (QED) is 0.438. The molecule has 0 N–H and O–H groups in total. The fourth-order valence-corrected chi connectivity index (χ4v) is 4.60. The monoisotopic (exact) mass is 369 g/mol. The van der Waals surface area contributed by atoms with Crippen molar-refractivity contribution in [1.82, 2.24) is 9.21 Å². The Labute approximate surface area is 147 Å². The molecule has 0 saturated carbocycles. The molecule has 1 amide bonds. The Morgan fingerprint density at radius 2 is 1.92 bits per heavy atom. The molecule has 1 fully saturated rings. The Bertz CT molecular complexity index is 758. The fraction of sp³-hybridized carbons (Fsp3) is 0.500. The average Bonchev–Trinajstić information content (AvgIpc) is 3.01. The van der Waals surface area contributed by atoms with E-state index in [4.69, 9.17) is 0 Å².